The Balaban J connectivity index is 2.09. The SMILES string of the molecule is Clc1ccc(Cl)c(NCc2cc(Br)c(Br)s2)c1. The van der Waals surface area contributed by atoms with Crippen LogP contribution in [-0.2, 0) is 6.54 Å². The van der Waals surface area contributed by atoms with Crippen LogP contribution in [0.2, 0.25) is 10.0 Å². The zero-order chi connectivity index (χ0) is 12.4. The van der Waals surface area contributed by atoms with E-state index in [-0.39, 0.29) is 0 Å². The molecule has 0 amide bonds. The summed E-state index contributed by atoms with van der Waals surface area (Å²) in [5.74, 6) is 0. The maximum Gasteiger partial charge on any atom is 0.0843 e. The molecule has 2 aromatic rings. The highest BCUT2D eigenvalue weighted by atomic mass is 79.9. The first-order valence-corrected chi connectivity index (χ1v) is 7.85. The zero-order valence-corrected chi connectivity index (χ0v) is 13.9. The van der Waals surface area contributed by atoms with Gasteiger partial charge in [0.25, 0.3) is 0 Å². The standard InChI is InChI=1S/C11H7Br2Cl2NS/c12-8-4-7(17-11(8)13)5-16-10-3-6(14)1-2-9(10)15/h1-4,16H,5H2. The summed E-state index contributed by atoms with van der Waals surface area (Å²) in [6, 6.07) is 7.45. The van der Waals surface area contributed by atoms with E-state index in [4.69, 9.17) is 23.2 Å². The van der Waals surface area contributed by atoms with Crippen molar-refractivity contribution in [3.63, 3.8) is 0 Å². The van der Waals surface area contributed by atoms with Gasteiger partial charge in [-0.1, -0.05) is 23.2 Å². The fourth-order valence-corrected chi connectivity index (χ4v) is 3.77. The molecule has 1 aromatic heterocycles. The Bertz CT molecular complexity index is 523. The van der Waals surface area contributed by atoms with Crippen molar-refractivity contribution in [2.75, 3.05) is 5.32 Å². The Morgan fingerprint density at radius 3 is 2.59 bits per heavy atom. The molecule has 2 rings (SSSR count). The molecule has 1 nitrogen and oxygen atoms in total. The summed E-state index contributed by atoms with van der Waals surface area (Å²) in [6.07, 6.45) is 0. The predicted octanol–water partition coefficient (Wildman–Crippen LogP) is 6.19. The van der Waals surface area contributed by atoms with Gasteiger partial charge in [0.2, 0.25) is 0 Å². The number of benzene rings is 1. The number of halogens is 4. The minimum atomic E-state index is 0.670. The van der Waals surface area contributed by atoms with Gasteiger partial charge in [0.05, 0.1) is 14.5 Å². The van der Waals surface area contributed by atoms with Crippen LogP contribution in [0.3, 0.4) is 0 Å². The molecule has 0 saturated carbocycles. The Morgan fingerprint density at radius 2 is 1.94 bits per heavy atom. The maximum absolute atomic E-state index is 6.06. The fraction of sp³-hybridized carbons (Fsp3) is 0.0909. The van der Waals surface area contributed by atoms with E-state index >= 15 is 0 Å². The molecule has 0 unspecified atom stereocenters. The number of anilines is 1. The number of hydrogen-bond donors (Lipinski definition) is 1. The first-order valence-electron chi connectivity index (χ1n) is 4.69. The van der Waals surface area contributed by atoms with E-state index in [1.807, 2.05) is 6.07 Å². The van der Waals surface area contributed by atoms with Gasteiger partial charge < -0.3 is 5.32 Å². The van der Waals surface area contributed by atoms with Gasteiger partial charge >= 0.3 is 0 Å². The smallest absolute Gasteiger partial charge is 0.0843 e. The second-order valence-corrected chi connectivity index (χ2v) is 7.46. The second-order valence-electron chi connectivity index (χ2n) is 3.31. The van der Waals surface area contributed by atoms with Gasteiger partial charge in [0.15, 0.2) is 0 Å². The lowest BCUT2D eigenvalue weighted by Gasteiger charge is -2.07. The summed E-state index contributed by atoms with van der Waals surface area (Å²) in [6.45, 7) is 0.717. The lowest BCUT2D eigenvalue weighted by Crippen LogP contribution is -1.97. The van der Waals surface area contributed by atoms with Crippen LogP contribution in [0.15, 0.2) is 32.5 Å². The van der Waals surface area contributed by atoms with E-state index in [1.165, 1.54) is 4.88 Å². The van der Waals surface area contributed by atoms with Gasteiger partial charge in [-0.05, 0) is 56.1 Å². The third-order valence-corrected chi connectivity index (χ3v) is 5.90. The van der Waals surface area contributed by atoms with Crippen molar-refractivity contribution in [3.8, 4) is 0 Å². The van der Waals surface area contributed by atoms with Gasteiger partial charge in [0, 0.05) is 20.9 Å². The highest BCUT2D eigenvalue weighted by molar-refractivity contribution is 9.13. The molecule has 1 aromatic carbocycles. The molecule has 17 heavy (non-hydrogen) atoms. The minimum Gasteiger partial charge on any atom is -0.379 e. The summed E-state index contributed by atoms with van der Waals surface area (Å²) in [4.78, 5) is 1.21. The van der Waals surface area contributed by atoms with E-state index in [0.29, 0.717) is 10.0 Å². The van der Waals surface area contributed by atoms with Gasteiger partial charge in [-0.25, -0.2) is 0 Å². The molecular weight excluding hydrogens is 409 g/mol. The number of thiophene rings is 1. The first kappa shape index (κ1) is 13.7. The van der Waals surface area contributed by atoms with Gasteiger partial charge in [-0.3, -0.25) is 0 Å². The molecule has 0 saturated heterocycles. The average Bonchev–Trinajstić information content (AvgIpc) is 2.60. The maximum atomic E-state index is 6.06. The van der Waals surface area contributed by atoms with Crippen molar-refractivity contribution in [3.05, 3.63) is 47.4 Å². The summed E-state index contributed by atoms with van der Waals surface area (Å²) in [7, 11) is 0. The number of hydrogen-bond acceptors (Lipinski definition) is 2. The minimum absolute atomic E-state index is 0.670. The van der Waals surface area contributed by atoms with E-state index in [1.54, 1.807) is 23.5 Å². The molecule has 0 aliphatic heterocycles. The van der Waals surface area contributed by atoms with Crippen LogP contribution < -0.4 is 5.32 Å². The van der Waals surface area contributed by atoms with Crippen LogP contribution >= 0.6 is 66.4 Å². The van der Waals surface area contributed by atoms with Crippen LogP contribution in [0.1, 0.15) is 4.88 Å². The molecule has 1 heterocycles. The van der Waals surface area contributed by atoms with Crippen molar-refractivity contribution in [1.82, 2.24) is 0 Å². The summed E-state index contributed by atoms with van der Waals surface area (Å²) in [5, 5.41) is 4.61. The Labute approximate surface area is 130 Å². The first-order chi connectivity index (χ1) is 8.06. The molecule has 0 aliphatic carbocycles. The van der Waals surface area contributed by atoms with Crippen LogP contribution in [0, 0.1) is 0 Å². The fourth-order valence-electron chi connectivity index (χ4n) is 1.29. The van der Waals surface area contributed by atoms with Crippen molar-refractivity contribution in [2.24, 2.45) is 0 Å². The zero-order valence-electron chi connectivity index (χ0n) is 8.44. The molecule has 0 fully saturated rings. The lowest BCUT2D eigenvalue weighted by molar-refractivity contribution is 1.19. The molecule has 1 N–H and O–H groups in total. The Kier molecular flexibility index (Phi) is 4.78. The summed E-state index contributed by atoms with van der Waals surface area (Å²) < 4.78 is 2.16. The van der Waals surface area contributed by atoms with Crippen molar-refractivity contribution >= 4 is 72.1 Å². The summed E-state index contributed by atoms with van der Waals surface area (Å²) >= 11 is 20.6. The van der Waals surface area contributed by atoms with E-state index < -0.39 is 0 Å². The molecule has 0 aliphatic rings. The van der Waals surface area contributed by atoms with E-state index in [9.17, 15) is 0 Å². The quantitative estimate of drug-likeness (QED) is 0.630. The largest absolute Gasteiger partial charge is 0.379 e. The van der Waals surface area contributed by atoms with Gasteiger partial charge in [-0.2, -0.15) is 0 Å². The highest BCUT2D eigenvalue weighted by Crippen LogP contribution is 2.33. The third kappa shape index (κ3) is 3.61. The molecular formula is C11H7Br2Cl2NS. The molecule has 0 radical (unpaired) electrons. The molecule has 0 spiro atoms. The van der Waals surface area contributed by atoms with Crippen LogP contribution in [0.4, 0.5) is 5.69 Å². The van der Waals surface area contributed by atoms with Crippen molar-refractivity contribution < 1.29 is 0 Å². The van der Waals surface area contributed by atoms with E-state index in [0.717, 1.165) is 20.5 Å². The molecule has 0 bridgehead atoms. The number of nitrogens with one attached hydrogen (secondary N) is 1. The third-order valence-electron chi connectivity index (χ3n) is 2.08. The highest BCUT2D eigenvalue weighted by Gasteiger charge is 2.05. The average molecular weight is 416 g/mol. The predicted molar refractivity (Wildman–Crippen MR) is 83.5 cm³/mol. The van der Waals surface area contributed by atoms with Crippen molar-refractivity contribution in [1.29, 1.82) is 0 Å². The van der Waals surface area contributed by atoms with Crippen LogP contribution in [0.5, 0.6) is 0 Å². The van der Waals surface area contributed by atoms with Gasteiger partial charge in [-0.15, -0.1) is 11.3 Å². The molecule has 0 atom stereocenters. The lowest BCUT2D eigenvalue weighted by atomic mass is 10.3. The number of rotatable bonds is 3. The monoisotopic (exact) mass is 413 g/mol. The Morgan fingerprint density at radius 1 is 1.18 bits per heavy atom. The molecule has 6 heteroatoms. The topological polar surface area (TPSA) is 12.0 Å². The van der Waals surface area contributed by atoms with Crippen LogP contribution in [0.25, 0.3) is 0 Å². The van der Waals surface area contributed by atoms with E-state index in [2.05, 4.69) is 43.2 Å². The van der Waals surface area contributed by atoms with Gasteiger partial charge in [0.1, 0.15) is 0 Å². The van der Waals surface area contributed by atoms with Crippen LogP contribution in [-0.4, -0.2) is 0 Å². The summed E-state index contributed by atoms with van der Waals surface area (Å²) in [5.41, 5.74) is 0.847. The van der Waals surface area contributed by atoms with Crippen molar-refractivity contribution in [2.45, 2.75) is 6.54 Å². The molecule has 90 valence electrons. The Hall–Kier alpha value is 0.260. The normalized spacial score (nSPS) is 10.6. The second kappa shape index (κ2) is 5.93.